The number of nitrogens with zero attached hydrogens (tertiary/aromatic N) is 2. The first-order valence-electron chi connectivity index (χ1n) is 9.41. The van der Waals surface area contributed by atoms with Gasteiger partial charge in [0.05, 0.1) is 4.90 Å². The number of rotatable bonds is 7. The second-order valence-corrected chi connectivity index (χ2v) is 8.97. The van der Waals surface area contributed by atoms with Crippen LogP contribution in [0.15, 0.2) is 29.2 Å². The molecule has 5 heteroatoms. The maximum atomic E-state index is 13.2. The third-order valence-electron chi connectivity index (χ3n) is 5.31. The van der Waals surface area contributed by atoms with E-state index >= 15 is 0 Å². The van der Waals surface area contributed by atoms with Gasteiger partial charge in [-0.1, -0.05) is 32.4 Å². The summed E-state index contributed by atoms with van der Waals surface area (Å²) < 4.78 is 28.3. The Morgan fingerprint density at radius 3 is 2.08 bits per heavy atom. The number of likely N-dealkylation sites (tertiary alicyclic amines) is 1. The van der Waals surface area contributed by atoms with Crippen LogP contribution in [0, 0.1) is 0 Å². The van der Waals surface area contributed by atoms with Crippen molar-refractivity contribution >= 4 is 10.0 Å². The Morgan fingerprint density at radius 1 is 1.00 bits per heavy atom. The molecule has 0 spiro atoms. The molecule has 3 rings (SSSR count). The third-order valence-corrected chi connectivity index (χ3v) is 7.33. The van der Waals surface area contributed by atoms with Crippen molar-refractivity contribution in [3.63, 3.8) is 0 Å². The largest absolute Gasteiger partial charge is 0.303 e. The van der Waals surface area contributed by atoms with Crippen LogP contribution >= 0.6 is 0 Å². The van der Waals surface area contributed by atoms with Crippen molar-refractivity contribution in [3.8, 4) is 0 Å². The Morgan fingerprint density at radius 2 is 1.58 bits per heavy atom. The predicted molar refractivity (Wildman–Crippen MR) is 97.6 cm³/mol. The van der Waals surface area contributed by atoms with Crippen LogP contribution in [-0.2, 0) is 16.4 Å². The number of hydrogen-bond donors (Lipinski definition) is 0. The van der Waals surface area contributed by atoms with Crippen LogP contribution in [0.3, 0.4) is 0 Å². The van der Waals surface area contributed by atoms with E-state index in [2.05, 4.69) is 18.7 Å². The molecule has 0 N–H and O–H groups in total. The van der Waals surface area contributed by atoms with Gasteiger partial charge in [0, 0.05) is 12.1 Å². The highest BCUT2D eigenvalue weighted by molar-refractivity contribution is 7.89. The number of aryl methyl sites for hydroxylation is 1. The third kappa shape index (κ3) is 3.84. The molecule has 134 valence electrons. The molecule has 0 unspecified atom stereocenters. The molecule has 1 aliphatic carbocycles. The molecular formula is C19H30N2O2S. The average molecular weight is 351 g/mol. The van der Waals surface area contributed by atoms with Crippen LogP contribution in [-0.4, -0.2) is 49.3 Å². The summed E-state index contributed by atoms with van der Waals surface area (Å²) in [6.07, 6.45) is 6.02. The van der Waals surface area contributed by atoms with Crippen molar-refractivity contribution in [2.24, 2.45) is 0 Å². The van der Waals surface area contributed by atoms with Gasteiger partial charge in [-0.05, 0) is 69.4 Å². The molecule has 2 fully saturated rings. The highest BCUT2D eigenvalue weighted by atomic mass is 32.2. The number of piperidine rings is 1. The van der Waals surface area contributed by atoms with E-state index in [-0.39, 0.29) is 12.1 Å². The van der Waals surface area contributed by atoms with Gasteiger partial charge in [0.25, 0.3) is 0 Å². The summed E-state index contributed by atoms with van der Waals surface area (Å²) in [5.74, 6) is 0. The van der Waals surface area contributed by atoms with Crippen LogP contribution in [0.25, 0.3) is 0 Å². The number of sulfonamides is 1. The van der Waals surface area contributed by atoms with Gasteiger partial charge in [0.1, 0.15) is 0 Å². The zero-order valence-corrected chi connectivity index (χ0v) is 15.8. The summed E-state index contributed by atoms with van der Waals surface area (Å²) in [4.78, 5) is 2.88. The van der Waals surface area contributed by atoms with Gasteiger partial charge in [0.2, 0.25) is 10.0 Å². The molecule has 2 aliphatic rings. The highest BCUT2D eigenvalue weighted by Gasteiger charge is 2.43. The molecule has 0 aromatic heterocycles. The summed E-state index contributed by atoms with van der Waals surface area (Å²) in [5.41, 5.74) is 1.21. The van der Waals surface area contributed by atoms with E-state index in [0.717, 1.165) is 58.2 Å². The van der Waals surface area contributed by atoms with Crippen molar-refractivity contribution in [1.82, 2.24) is 9.21 Å². The fraction of sp³-hybridized carbons (Fsp3) is 0.684. The molecule has 24 heavy (non-hydrogen) atoms. The zero-order valence-electron chi connectivity index (χ0n) is 14.9. The van der Waals surface area contributed by atoms with Crippen molar-refractivity contribution in [1.29, 1.82) is 0 Å². The lowest BCUT2D eigenvalue weighted by Crippen LogP contribution is -2.48. The predicted octanol–water partition coefficient (Wildman–Crippen LogP) is 3.28. The van der Waals surface area contributed by atoms with Crippen LogP contribution in [0.5, 0.6) is 0 Å². The first-order valence-corrected chi connectivity index (χ1v) is 10.8. The molecule has 4 nitrogen and oxygen atoms in total. The lowest BCUT2D eigenvalue weighted by Gasteiger charge is -2.37. The maximum Gasteiger partial charge on any atom is 0.243 e. The monoisotopic (exact) mass is 350 g/mol. The maximum absolute atomic E-state index is 13.2. The minimum Gasteiger partial charge on any atom is -0.303 e. The topological polar surface area (TPSA) is 40.6 Å². The van der Waals surface area contributed by atoms with Gasteiger partial charge < -0.3 is 4.90 Å². The van der Waals surface area contributed by atoms with Gasteiger partial charge in [-0.15, -0.1) is 0 Å². The zero-order chi connectivity index (χ0) is 17.2. The fourth-order valence-electron chi connectivity index (χ4n) is 3.75. The average Bonchev–Trinajstić information content (AvgIpc) is 3.41. The molecule has 1 saturated heterocycles. The second-order valence-electron chi connectivity index (χ2n) is 7.13. The molecule has 0 atom stereocenters. The summed E-state index contributed by atoms with van der Waals surface area (Å²) in [5, 5.41) is 0. The quantitative estimate of drug-likeness (QED) is 0.758. The van der Waals surface area contributed by atoms with Gasteiger partial charge >= 0.3 is 0 Å². The smallest absolute Gasteiger partial charge is 0.243 e. The minimum absolute atomic E-state index is 0.167. The molecule has 1 heterocycles. The van der Waals surface area contributed by atoms with Crippen LogP contribution in [0.4, 0.5) is 0 Å². The van der Waals surface area contributed by atoms with Gasteiger partial charge in [-0.3, -0.25) is 0 Å². The molecule has 1 aromatic carbocycles. The summed E-state index contributed by atoms with van der Waals surface area (Å²) in [7, 11) is -3.38. The Labute approximate surface area is 146 Å². The van der Waals surface area contributed by atoms with Crippen molar-refractivity contribution in [3.05, 3.63) is 29.8 Å². The normalized spacial score (nSPS) is 20.6. The number of hydrogen-bond acceptors (Lipinski definition) is 3. The number of benzene rings is 1. The van der Waals surface area contributed by atoms with Gasteiger partial charge in [-0.25, -0.2) is 8.42 Å². The minimum atomic E-state index is -3.38. The molecule has 0 amide bonds. The Kier molecular flexibility index (Phi) is 5.63. The summed E-state index contributed by atoms with van der Waals surface area (Å²) >= 11 is 0. The van der Waals surface area contributed by atoms with E-state index in [9.17, 15) is 8.42 Å². The second kappa shape index (κ2) is 7.54. The van der Waals surface area contributed by atoms with Crippen LogP contribution in [0.1, 0.15) is 51.5 Å². The highest BCUT2D eigenvalue weighted by Crippen LogP contribution is 2.36. The summed E-state index contributed by atoms with van der Waals surface area (Å²) in [6, 6.07) is 7.94. The fourth-order valence-corrected chi connectivity index (χ4v) is 5.68. The summed E-state index contributed by atoms with van der Waals surface area (Å²) in [6.45, 7) is 7.39. The van der Waals surface area contributed by atoms with Crippen molar-refractivity contribution in [2.75, 3.05) is 19.6 Å². The molecule has 1 saturated carbocycles. The molecular weight excluding hydrogens is 320 g/mol. The SMILES string of the molecule is CCCc1ccc(S(=O)(=O)N(C2CC2)C2CCN(CC)CC2)cc1. The van der Waals surface area contributed by atoms with Gasteiger partial charge in [0.15, 0.2) is 0 Å². The Hall–Kier alpha value is -0.910. The Balaban J connectivity index is 1.79. The van der Waals surface area contributed by atoms with Crippen LogP contribution < -0.4 is 0 Å². The van der Waals surface area contributed by atoms with E-state index in [1.807, 2.05) is 16.4 Å². The molecule has 0 radical (unpaired) electrons. The molecule has 0 bridgehead atoms. The van der Waals surface area contributed by atoms with Crippen molar-refractivity contribution in [2.45, 2.75) is 69.4 Å². The van der Waals surface area contributed by atoms with Crippen LogP contribution in [0.2, 0.25) is 0 Å². The van der Waals surface area contributed by atoms with E-state index in [4.69, 9.17) is 0 Å². The lowest BCUT2D eigenvalue weighted by atomic mass is 10.1. The first kappa shape index (κ1) is 17.9. The molecule has 1 aromatic rings. The first-order chi connectivity index (χ1) is 11.6. The van der Waals surface area contributed by atoms with Crippen molar-refractivity contribution < 1.29 is 8.42 Å². The van der Waals surface area contributed by atoms with E-state index in [1.54, 1.807) is 12.1 Å². The van der Waals surface area contributed by atoms with Gasteiger partial charge in [-0.2, -0.15) is 4.31 Å². The molecule has 1 aliphatic heterocycles. The standard InChI is InChI=1S/C19H30N2O2S/c1-3-5-16-6-10-19(11-7-16)24(22,23)21(17-8-9-17)18-12-14-20(4-2)15-13-18/h6-7,10-11,17-18H,3-5,8-9,12-15H2,1-2H3. The van der Waals surface area contributed by atoms with E-state index < -0.39 is 10.0 Å². The van der Waals surface area contributed by atoms with E-state index in [0.29, 0.717) is 4.90 Å². The lowest BCUT2D eigenvalue weighted by molar-refractivity contribution is 0.161. The van der Waals surface area contributed by atoms with E-state index in [1.165, 1.54) is 5.56 Å². The Bertz CT molecular complexity index is 630.